The summed E-state index contributed by atoms with van der Waals surface area (Å²) in [6.07, 6.45) is 17.5. The molecule has 0 aromatic heterocycles. The first-order chi connectivity index (χ1) is 13.8. The standard InChI is InChI=1S/C28H45N/c1-19(2)7-6-8-20(3)24-11-12-25-23-10-9-22-17-21(18-29)13-15-27(22,4)26(23)14-16-28(24,25)5/h9,19-21,23-26H,6-8,10-17H2,1-5H3/t20-,21-,23+,24-,25+,26+,27-,28+/m0/s1. The molecule has 0 N–H and O–H groups in total. The van der Waals surface area contributed by atoms with Crippen LogP contribution in [0.3, 0.4) is 0 Å². The average molecular weight is 396 g/mol. The Kier molecular flexibility index (Phi) is 5.96. The lowest BCUT2D eigenvalue weighted by Crippen LogP contribution is -2.50. The first kappa shape index (κ1) is 21.5. The monoisotopic (exact) mass is 395 g/mol. The second-order valence-electron chi connectivity index (χ2n) is 12.4. The van der Waals surface area contributed by atoms with E-state index in [0.29, 0.717) is 10.8 Å². The number of nitrogens with zero attached hydrogens (tertiary/aromatic N) is 1. The second-order valence-corrected chi connectivity index (χ2v) is 12.4. The van der Waals surface area contributed by atoms with Gasteiger partial charge in [0.25, 0.3) is 0 Å². The summed E-state index contributed by atoms with van der Waals surface area (Å²) in [4.78, 5) is 0. The van der Waals surface area contributed by atoms with Gasteiger partial charge < -0.3 is 0 Å². The fraction of sp³-hybridized carbons (Fsp3) is 0.893. The van der Waals surface area contributed by atoms with Crippen molar-refractivity contribution in [3.63, 3.8) is 0 Å². The molecule has 0 aromatic carbocycles. The summed E-state index contributed by atoms with van der Waals surface area (Å²) in [6.45, 7) is 12.6. The normalized spacial score (nSPS) is 45.0. The van der Waals surface area contributed by atoms with Crippen LogP contribution in [0.2, 0.25) is 0 Å². The largest absolute Gasteiger partial charge is 0.198 e. The number of hydrogen-bond donors (Lipinski definition) is 0. The molecular weight excluding hydrogens is 350 g/mol. The Bertz CT molecular complexity index is 668. The van der Waals surface area contributed by atoms with Crippen molar-refractivity contribution in [1.82, 2.24) is 0 Å². The Morgan fingerprint density at radius 2 is 1.83 bits per heavy atom. The van der Waals surface area contributed by atoms with Crippen molar-refractivity contribution < 1.29 is 0 Å². The van der Waals surface area contributed by atoms with Gasteiger partial charge in [0.2, 0.25) is 0 Å². The van der Waals surface area contributed by atoms with E-state index >= 15 is 0 Å². The summed E-state index contributed by atoms with van der Waals surface area (Å²) in [6, 6.07) is 2.57. The van der Waals surface area contributed by atoms with E-state index in [0.717, 1.165) is 48.3 Å². The van der Waals surface area contributed by atoms with E-state index < -0.39 is 0 Å². The van der Waals surface area contributed by atoms with Crippen LogP contribution in [0.5, 0.6) is 0 Å². The van der Waals surface area contributed by atoms with E-state index in [1.165, 1.54) is 57.8 Å². The summed E-state index contributed by atoms with van der Waals surface area (Å²) in [5.74, 6) is 5.73. The molecule has 4 aliphatic carbocycles. The van der Waals surface area contributed by atoms with E-state index in [9.17, 15) is 5.26 Å². The molecule has 4 rings (SSSR count). The zero-order valence-electron chi connectivity index (χ0n) is 19.8. The third-order valence-electron chi connectivity index (χ3n) is 10.5. The van der Waals surface area contributed by atoms with Crippen molar-refractivity contribution in [1.29, 1.82) is 5.26 Å². The van der Waals surface area contributed by atoms with Crippen LogP contribution in [0.1, 0.15) is 105 Å². The Morgan fingerprint density at radius 3 is 2.55 bits per heavy atom. The smallest absolute Gasteiger partial charge is 0.0659 e. The molecule has 0 radical (unpaired) electrons. The SMILES string of the molecule is CC(C)CCC[C@H](C)[C@@H]1CC[C@@H]2[C@H]3CC=C4C[C@@H](C#N)CC[C@]4(C)[C@@H]3CC[C@@]21C. The molecule has 0 saturated heterocycles. The molecule has 0 bridgehead atoms. The van der Waals surface area contributed by atoms with Crippen LogP contribution in [-0.2, 0) is 0 Å². The maximum atomic E-state index is 9.45. The molecular formula is C28H45N. The highest BCUT2D eigenvalue weighted by Gasteiger charge is 2.59. The minimum Gasteiger partial charge on any atom is -0.198 e. The van der Waals surface area contributed by atoms with E-state index in [2.05, 4.69) is 46.8 Å². The molecule has 0 aromatic rings. The van der Waals surface area contributed by atoms with Crippen LogP contribution in [0.15, 0.2) is 11.6 Å². The lowest BCUT2D eigenvalue weighted by atomic mass is 9.46. The minimum atomic E-state index is 0.280. The molecule has 29 heavy (non-hydrogen) atoms. The van der Waals surface area contributed by atoms with E-state index in [-0.39, 0.29) is 5.92 Å². The molecule has 0 heterocycles. The lowest BCUT2D eigenvalue weighted by Gasteiger charge is -2.58. The lowest BCUT2D eigenvalue weighted by molar-refractivity contribution is -0.0515. The molecule has 0 unspecified atom stereocenters. The van der Waals surface area contributed by atoms with Crippen LogP contribution < -0.4 is 0 Å². The summed E-state index contributed by atoms with van der Waals surface area (Å²) in [7, 11) is 0. The van der Waals surface area contributed by atoms with Crippen molar-refractivity contribution in [2.75, 3.05) is 0 Å². The molecule has 3 saturated carbocycles. The van der Waals surface area contributed by atoms with Crippen LogP contribution in [0, 0.1) is 63.6 Å². The highest BCUT2D eigenvalue weighted by molar-refractivity contribution is 5.26. The minimum absolute atomic E-state index is 0.280. The third-order valence-corrected chi connectivity index (χ3v) is 10.5. The first-order valence-electron chi connectivity index (χ1n) is 12.9. The van der Waals surface area contributed by atoms with Crippen LogP contribution in [-0.4, -0.2) is 0 Å². The fourth-order valence-corrected chi connectivity index (χ4v) is 8.80. The molecule has 3 fully saturated rings. The van der Waals surface area contributed by atoms with Gasteiger partial charge in [0.05, 0.1) is 12.0 Å². The quantitative estimate of drug-likeness (QED) is 0.431. The van der Waals surface area contributed by atoms with Gasteiger partial charge in [-0.05, 0) is 97.7 Å². The van der Waals surface area contributed by atoms with E-state index in [1.54, 1.807) is 5.57 Å². The highest BCUT2D eigenvalue weighted by Crippen LogP contribution is 2.67. The van der Waals surface area contributed by atoms with Crippen molar-refractivity contribution in [2.24, 2.45) is 52.3 Å². The van der Waals surface area contributed by atoms with E-state index in [1.807, 2.05) is 0 Å². The van der Waals surface area contributed by atoms with Crippen molar-refractivity contribution in [3.8, 4) is 6.07 Å². The van der Waals surface area contributed by atoms with Gasteiger partial charge in [0.1, 0.15) is 0 Å². The molecule has 1 nitrogen and oxygen atoms in total. The van der Waals surface area contributed by atoms with Crippen LogP contribution in [0.25, 0.3) is 0 Å². The van der Waals surface area contributed by atoms with Gasteiger partial charge in [-0.3, -0.25) is 0 Å². The van der Waals surface area contributed by atoms with Gasteiger partial charge in [-0.2, -0.15) is 5.26 Å². The zero-order valence-corrected chi connectivity index (χ0v) is 19.8. The maximum Gasteiger partial charge on any atom is 0.0659 e. The molecule has 8 atom stereocenters. The third kappa shape index (κ3) is 3.62. The van der Waals surface area contributed by atoms with Gasteiger partial charge in [-0.15, -0.1) is 0 Å². The Hall–Kier alpha value is -0.770. The zero-order chi connectivity index (χ0) is 20.8. The predicted molar refractivity (Wildman–Crippen MR) is 122 cm³/mol. The molecule has 1 heteroatoms. The highest BCUT2D eigenvalue weighted by atomic mass is 14.6. The van der Waals surface area contributed by atoms with Crippen molar-refractivity contribution in [3.05, 3.63) is 11.6 Å². The summed E-state index contributed by atoms with van der Waals surface area (Å²) >= 11 is 0. The van der Waals surface area contributed by atoms with Gasteiger partial charge in [-0.1, -0.05) is 65.5 Å². The van der Waals surface area contributed by atoms with Crippen LogP contribution in [0.4, 0.5) is 0 Å². The first-order valence-corrected chi connectivity index (χ1v) is 12.9. The second kappa shape index (κ2) is 8.05. The summed E-state index contributed by atoms with van der Waals surface area (Å²) in [5.41, 5.74) is 2.65. The number of fused-ring (bicyclic) bond motifs is 5. The van der Waals surface area contributed by atoms with Gasteiger partial charge >= 0.3 is 0 Å². The average Bonchev–Trinajstić information content (AvgIpc) is 3.04. The number of nitriles is 1. The Morgan fingerprint density at radius 1 is 1.03 bits per heavy atom. The van der Waals surface area contributed by atoms with E-state index in [4.69, 9.17) is 0 Å². The molecule has 162 valence electrons. The van der Waals surface area contributed by atoms with Gasteiger partial charge in [-0.25, -0.2) is 0 Å². The fourth-order valence-electron chi connectivity index (χ4n) is 8.80. The number of rotatable bonds is 5. The molecule has 0 aliphatic heterocycles. The maximum absolute atomic E-state index is 9.45. The van der Waals surface area contributed by atoms with Crippen molar-refractivity contribution >= 4 is 0 Å². The molecule has 0 amide bonds. The van der Waals surface area contributed by atoms with Gasteiger partial charge in [0.15, 0.2) is 0 Å². The summed E-state index contributed by atoms with van der Waals surface area (Å²) in [5, 5.41) is 9.45. The number of hydrogen-bond acceptors (Lipinski definition) is 1. The number of allylic oxidation sites excluding steroid dienone is 2. The topological polar surface area (TPSA) is 23.8 Å². The Labute approximate surface area is 180 Å². The predicted octanol–water partition coefficient (Wildman–Crippen LogP) is 8.17. The van der Waals surface area contributed by atoms with Crippen LogP contribution >= 0.6 is 0 Å². The van der Waals surface area contributed by atoms with Gasteiger partial charge in [0, 0.05) is 0 Å². The molecule has 0 spiro atoms. The molecule has 4 aliphatic rings. The summed E-state index contributed by atoms with van der Waals surface area (Å²) < 4.78 is 0. The van der Waals surface area contributed by atoms with Crippen molar-refractivity contribution in [2.45, 2.75) is 105 Å². The Balaban J connectivity index is 1.49.